The Morgan fingerprint density at radius 3 is 1.90 bits per heavy atom. The van der Waals surface area contributed by atoms with Gasteiger partial charge in [0, 0.05) is 18.4 Å². The molecule has 0 heterocycles. The summed E-state index contributed by atoms with van der Waals surface area (Å²) in [6.45, 7) is 5.21. The quantitative estimate of drug-likeness (QED) is 0.630. The van der Waals surface area contributed by atoms with Crippen LogP contribution in [0.15, 0.2) is 72.8 Å². The predicted molar refractivity (Wildman–Crippen MR) is 120 cm³/mol. The van der Waals surface area contributed by atoms with E-state index in [9.17, 15) is 5.11 Å². The highest BCUT2D eigenvalue weighted by atomic mass is 16.3. The van der Waals surface area contributed by atoms with Gasteiger partial charge in [-0.15, -0.1) is 0 Å². The van der Waals surface area contributed by atoms with Crippen LogP contribution in [0.3, 0.4) is 0 Å². The normalized spacial score (nSPS) is 18.6. The molecule has 2 nitrogen and oxygen atoms in total. The van der Waals surface area contributed by atoms with Crippen molar-refractivity contribution in [3.05, 3.63) is 106 Å². The highest BCUT2D eigenvalue weighted by molar-refractivity contribution is 5.40. The first-order valence-corrected chi connectivity index (χ1v) is 10.7. The van der Waals surface area contributed by atoms with E-state index in [-0.39, 0.29) is 12.1 Å². The van der Waals surface area contributed by atoms with Gasteiger partial charge in [-0.25, -0.2) is 0 Å². The van der Waals surface area contributed by atoms with E-state index in [2.05, 4.69) is 92.0 Å². The number of aryl methyl sites for hydroxylation is 2. The third kappa shape index (κ3) is 4.60. The second-order valence-electron chi connectivity index (χ2n) is 8.40. The van der Waals surface area contributed by atoms with Gasteiger partial charge in [0.2, 0.25) is 0 Å². The first-order chi connectivity index (χ1) is 14.1. The van der Waals surface area contributed by atoms with Gasteiger partial charge < -0.3 is 10.4 Å². The number of hydrogen-bond donors (Lipinski definition) is 2. The molecule has 29 heavy (non-hydrogen) atoms. The molecule has 0 aromatic heterocycles. The largest absolute Gasteiger partial charge is 0.391 e. The molecule has 0 unspecified atom stereocenters. The lowest BCUT2D eigenvalue weighted by atomic mass is 9.83. The number of rotatable bonds is 6. The van der Waals surface area contributed by atoms with Crippen LogP contribution in [-0.2, 0) is 12.8 Å². The van der Waals surface area contributed by atoms with E-state index in [4.69, 9.17) is 0 Å². The molecule has 0 fully saturated rings. The van der Waals surface area contributed by atoms with Crippen LogP contribution in [0.1, 0.15) is 45.7 Å². The van der Waals surface area contributed by atoms with Crippen molar-refractivity contribution in [1.29, 1.82) is 0 Å². The maximum atomic E-state index is 10.7. The molecule has 0 bridgehead atoms. The lowest BCUT2D eigenvalue weighted by Gasteiger charge is -2.32. The molecule has 1 aliphatic rings. The van der Waals surface area contributed by atoms with E-state index < -0.39 is 0 Å². The topological polar surface area (TPSA) is 32.3 Å². The Balaban J connectivity index is 1.44. The average Bonchev–Trinajstić information content (AvgIpc) is 2.74. The summed E-state index contributed by atoms with van der Waals surface area (Å²) in [5.74, 6) is 0.364. The minimum atomic E-state index is -0.323. The summed E-state index contributed by atoms with van der Waals surface area (Å²) in [6, 6.07) is 26.2. The van der Waals surface area contributed by atoms with E-state index in [1.807, 2.05) is 0 Å². The van der Waals surface area contributed by atoms with E-state index in [1.165, 1.54) is 33.4 Å². The second kappa shape index (κ2) is 8.94. The van der Waals surface area contributed by atoms with Crippen LogP contribution in [0, 0.1) is 13.8 Å². The second-order valence-corrected chi connectivity index (χ2v) is 8.40. The Bertz CT molecular complexity index is 896. The summed E-state index contributed by atoms with van der Waals surface area (Å²) in [4.78, 5) is 0. The Labute approximate surface area is 174 Å². The van der Waals surface area contributed by atoms with E-state index >= 15 is 0 Å². The molecule has 3 aromatic carbocycles. The SMILES string of the molecule is Cc1cc2c(cc1C)C[C@H](O)[C@@H](NCCC(c1ccccc1)c1ccccc1)C2. The Morgan fingerprint density at radius 1 is 0.828 bits per heavy atom. The molecule has 0 saturated heterocycles. The lowest BCUT2D eigenvalue weighted by molar-refractivity contribution is 0.119. The summed E-state index contributed by atoms with van der Waals surface area (Å²) in [5, 5.41) is 14.4. The van der Waals surface area contributed by atoms with Crippen molar-refractivity contribution in [1.82, 2.24) is 5.32 Å². The van der Waals surface area contributed by atoms with Crippen molar-refractivity contribution in [2.45, 2.75) is 51.2 Å². The highest BCUT2D eigenvalue weighted by Crippen LogP contribution is 2.28. The number of nitrogens with one attached hydrogen (secondary N) is 1. The van der Waals surface area contributed by atoms with Gasteiger partial charge in [-0.1, -0.05) is 72.8 Å². The molecule has 1 aliphatic carbocycles. The number of aliphatic hydroxyl groups excluding tert-OH is 1. The fourth-order valence-electron chi connectivity index (χ4n) is 4.57. The van der Waals surface area contributed by atoms with Crippen LogP contribution in [0.2, 0.25) is 0 Å². The Hall–Kier alpha value is -2.42. The summed E-state index contributed by atoms with van der Waals surface area (Å²) in [7, 11) is 0. The summed E-state index contributed by atoms with van der Waals surface area (Å²) in [6.07, 6.45) is 2.33. The first kappa shape index (κ1) is 19.9. The standard InChI is InChI=1S/C27H31NO/c1-19-15-23-17-26(27(29)18-24(23)16-20(19)2)28-14-13-25(21-9-5-3-6-10-21)22-11-7-4-8-12-22/h3-12,15-16,25-29H,13-14,17-18H2,1-2H3/t26-,27-/m0/s1. The molecule has 2 atom stereocenters. The van der Waals surface area contributed by atoms with E-state index in [1.54, 1.807) is 0 Å². The summed E-state index contributed by atoms with van der Waals surface area (Å²) < 4.78 is 0. The van der Waals surface area contributed by atoms with Crippen LogP contribution in [-0.4, -0.2) is 23.8 Å². The molecule has 150 valence electrons. The minimum absolute atomic E-state index is 0.122. The van der Waals surface area contributed by atoms with E-state index in [0.717, 1.165) is 25.8 Å². The van der Waals surface area contributed by atoms with Crippen LogP contribution in [0.5, 0.6) is 0 Å². The van der Waals surface area contributed by atoms with Crippen molar-refractivity contribution in [3.8, 4) is 0 Å². The predicted octanol–water partition coefficient (Wildman–Crippen LogP) is 4.94. The first-order valence-electron chi connectivity index (χ1n) is 10.7. The number of aliphatic hydroxyl groups is 1. The Morgan fingerprint density at radius 2 is 1.34 bits per heavy atom. The zero-order valence-electron chi connectivity index (χ0n) is 17.4. The smallest absolute Gasteiger partial charge is 0.0736 e. The molecular weight excluding hydrogens is 354 g/mol. The van der Waals surface area contributed by atoms with Gasteiger partial charge in [-0.05, 0) is 66.6 Å². The molecule has 2 N–H and O–H groups in total. The molecule has 0 radical (unpaired) electrons. The van der Waals surface area contributed by atoms with Crippen molar-refractivity contribution in [2.24, 2.45) is 0 Å². The molecule has 4 rings (SSSR count). The van der Waals surface area contributed by atoms with Gasteiger partial charge >= 0.3 is 0 Å². The average molecular weight is 386 g/mol. The van der Waals surface area contributed by atoms with Gasteiger partial charge in [-0.3, -0.25) is 0 Å². The number of hydrogen-bond acceptors (Lipinski definition) is 2. The van der Waals surface area contributed by atoms with Crippen LogP contribution in [0.25, 0.3) is 0 Å². The fourth-order valence-corrected chi connectivity index (χ4v) is 4.57. The molecule has 0 aliphatic heterocycles. The van der Waals surface area contributed by atoms with Gasteiger partial charge in [0.15, 0.2) is 0 Å². The third-order valence-electron chi connectivity index (χ3n) is 6.39. The van der Waals surface area contributed by atoms with Crippen LogP contribution >= 0.6 is 0 Å². The van der Waals surface area contributed by atoms with Crippen molar-refractivity contribution in [2.75, 3.05) is 6.54 Å². The van der Waals surface area contributed by atoms with Gasteiger partial charge in [-0.2, -0.15) is 0 Å². The van der Waals surface area contributed by atoms with Crippen molar-refractivity contribution < 1.29 is 5.11 Å². The third-order valence-corrected chi connectivity index (χ3v) is 6.39. The fraction of sp³-hybridized carbons (Fsp3) is 0.333. The number of benzene rings is 3. The minimum Gasteiger partial charge on any atom is -0.391 e. The highest BCUT2D eigenvalue weighted by Gasteiger charge is 2.27. The lowest BCUT2D eigenvalue weighted by Crippen LogP contribution is -2.46. The van der Waals surface area contributed by atoms with Crippen LogP contribution in [0.4, 0.5) is 0 Å². The van der Waals surface area contributed by atoms with Gasteiger partial charge in [0.1, 0.15) is 0 Å². The van der Waals surface area contributed by atoms with Crippen LogP contribution < -0.4 is 5.32 Å². The molecule has 2 heteroatoms. The molecule has 0 saturated carbocycles. The molecular formula is C27H31NO. The zero-order chi connectivity index (χ0) is 20.2. The molecule has 0 amide bonds. The monoisotopic (exact) mass is 385 g/mol. The molecule has 0 spiro atoms. The van der Waals surface area contributed by atoms with Crippen molar-refractivity contribution in [3.63, 3.8) is 0 Å². The maximum Gasteiger partial charge on any atom is 0.0736 e. The Kier molecular flexibility index (Phi) is 6.13. The molecule has 3 aromatic rings. The van der Waals surface area contributed by atoms with Crippen molar-refractivity contribution >= 4 is 0 Å². The van der Waals surface area contributed by atoms with E-state index in [0.29, 0.717) is 5.92 Å². The summed E-state index contributed by atoms with van der Waals surface area (Å²) in [5.41, 5.74) is 8.05. The maximum absolute atomic E-state index is 10.7. The van der Waals surface area contributed by atoms with Gasteiger partial charge in [0.05, 0.1) is 6.10 Å². The summed E-state index contributed by atoms with van der Waals surface area (Å²) >= 11 is 0. The zero-order valence-corrected chi connectivity index (χ0v) is 17.4. The van der Waals surface area contributed by atoms with Gasteiger partial charge in [0.25, 0.3) is 0 Å². The number of fused-ring (bicyclic) bond motifs is 1.